The molecule has 0 fully saturated rings. The summed E-state index contributed by atoms with van der Waals surface area (Å²) in [4.78, 5) is 0. The van der Waals surface area contributed by atoms with Crippen LogP contribution in [0.4, 0.5) is 13.2 Å². The van der Waals surface area contributed by atoms with Crippen molar-refractivity contribution in [1.82, 2.24) is 0 Å². The highest BCUT2D eigenvalue weighted by molar-refractivity contribution is 6.30. The van der Waals surface area contributed by atoms with Gasteiger partial charge in [0.05, 0.1) is 11.1 Å². The molecule has 0 aromatic heterocycles. The van der Waals surface area contributed by atoms with Gasteiger partial charge in [0.15, 0.2) is 0 Å². The first-order chi connectivity index (χ1) is 6.04. The van der Waals surface area contributed by atoms with Crippen LogP contribution in [0.5, 0.6) is 0 Å². The summed E-state index contributed by atoms with van der Waals surface area (Å²) in [6, 6.07) is 2.22. The summed E-state index contributed by atoms with van der Waals surface area (Å²) in [5.41, 5.74) is 4.80. The average Bonchev–Trinajstić information content (AvgIpc) is 2.08. The van der Waals surface area contributed by atoms with Crippen molar-refractivity contribution in [2.24, 2.45) is 5.73 Å². The second-order valence-electron chi connectivity index (χ2n) is 2.50. The number of nitrogens with two attached hydrogens (primary N) is 1. The average molecular weight is 246 g/mol. The van der Waals surface area contributed by atoms with E-state index in [1.807, 2.05) is 0 Å². The fourth-order valence-corrected chi connectivity index (χ4v) is 1.10. The summed E-state index contributed by atoms with van der Waals surface area (Å²) in [6.45, 7) is 0. The van der Waals surface area contributed by atoms with Crippen molar-refractivity contribution < 1.29 is 13.2 Å². The van der Waals surface area contributed by atoms with Crippen molar-refractivity contribution in [1.29, 1.82) is 0 Å². The van der Waals surface area contributed by atoms with Gasteiger partial charge in [0.2, 0.25) is 0 Å². The van der Waals surface area contributed by atoms with Crippen LogP contribution in [0.2, 0.25) is 5.02 Å². The summed E-state index contributed by atoms with van der Waals surface area (Å²) < 4.78 is 37.2. The zero-order chi connectivity index (χ0) is 10.0. The van der Waals surface area contributed by atoms with E-state index in [4.69, 9.17) is 17.3 Å². The maximum Gasteiger partial charge on any atom is 0.257 e. The molecular formula is C8H8Cl2F3N. The Morgan fingerprint density at radius 3 is 2.36 bits per heavy atom. The van der Waals surface area contributed by atoms with Gasteiger partial charge in [-0.1, -0.05) is 23.7 Å². The van der Waals surface area contributed by atoms with Crippen LogP contribution in [0.3, 0.4) is 0 Å². The minimum atomic E-state index is -2.80. The molecule has 0 aliphatic carbocycles. The minimum absolute atomic E-state index is 0. The van der Waals surface area contributed by atoms with Gasteiger partial charge in [0, 0.05) is 5.56 Å². The lowest BCUT2D eigenvalue weighted by molar-refractivity contribution is 0.115. The van der Waals surface area contributed by atoms with E-state index >= 15 is 0 Å². The Labute approximate surface area is 90.5 Å². The SMILES string of the molecule is Cl.N[C@H](c1cccc(Cl)c1F)C(F)F. The standard InChI is InChI=1S/C8H7ClF3N.ClH/c9-5-3-1-2-4(6(5)10)7(13)8(11)12;/h1-3,7-8H,13H2;1H/t7-;/m1./s1. The van der Waals surface area contributed by atoms with E-state index in [-0.39, 0.29) is 23.0 Å². The van der Waals surface area contributed by atoms with Crippen molar-refractivity contribution in [3.8, 4) is 0 Å². The van der Waals surface area contributed by atoms with Crippen LogP contribution in [0.25, 0.3) is 0 Å². The van der Waals surface area contributed by atoms with Gasteiger partial charge >= 0.3 is 0 Å². The lowest BCUT2D eigenvalue weighted by Gasteiger charge is -2.11. The molecule has 14 heavy (non-hydrogen) atoms. The first kappa shape index (κ1) is 13.5. The van der Waals surface area contributed by atoms with Gasteiger partial charge in [0.25, 0.3) is 6.43 Å². The predicted octanol–water partition coefficient (Wildman–Crippen LogP) is 3.17. The molecular weight excluding hydrogens is 238 g/mol. The number of rotatable bonds is 2. The molecule has 6 heteroatoms. The molecule has 0 saturated heterocycles. The molecule has 1 rings (SSSR count). The quantitative estimate of drug-likeness (QED) is 0.852. The third kappa shape index (κ3) is 2.77. The molecule has 0 bridgehead atoms. The molecule has 1 aromatic carbocycles. The zero-order valence-corrected chi connectivity index (χ0v) is 8.46. The molecule has 0 heterocycles. The molecule has 0 spiro atoms. The monoisotopic (exact) mass is 245 g/mol. The van der Waals surface area contributed by atoms with Gasteiger partial charge in [-0.15, -0.1) is 12.4 Å². The Hall–Kier alpha value is -0.450. The fourth-order valence-electron chi connectivity index (χ4n) is 0.914. The molecule has 2 N–H and O–H groups in total. The number of hydrogen-bond acceptors (Lipinski definition) is 1. The summed E-state index contributed by atoms with van der Waals surface area (Å²) in [7, 11) is 0. The lowest BCUT2D eigenvalue weighted by atomic mass is 10.1. The van der Waals surface area contributed by atoms with Gasteiger partial charge in [-0.3, -0.25) is 0 Å². The van der Waals surface area contributed by atoms with E-state index in [1.165, 1.54) is 18.2 Å². The topological polar surface area (TPSA) is 26.0 Å². The second kappa shape index (κ2) is 5.44. The van der Waals surface area contributed by atoms with Gasteiger partial charge in [-0.05, 0) is 6.07 Å². The molecule has 0 amide bonds. The Balaban J connectivity index is 0.00000169. The van der Waals surface area contributed by atoms with E-state index in [0.717, 1.165) is 0 Å². The minimum Gasteiger partial charge on any atom is -0.319 e. The fraction of sp³-hybridized carbons (Fsp3) is 0.250. The van der Waals surface area contributed by atoms with Crippen LogP contribution < -0.4 is 5.73 Å². The van der Waals surface area contributed by atoms with E-state index in [1.54, 1.807) is 0 Å². The van der Waals surface area contributed by atoms with Crippen molar-refractivity contribution in [3.63, 3.8) is 0 Å². The third-order valence-electron chi connectivity index (χ3n) is 1.61. The number of hydrogen-bond donors (Lipinski definition) is 1. The van der Waals surface area contributed by atoms with E-state index in [2.05, 4.69) is 0 Å². The molecule has 1 nitrogen and oxygen atoms in total. The summed E-state index contributed by atoms with van der Waals surface area (Å²) in [6.07, 6.45) is -2.80. The number of benzene rings is 1. The largest absolute Gasteiger partial charge is 0.319 e. The maximum absolute atomic E-state index is 13.1. The third-order valence-corrected chi connectivity index (χ3v) is 1.90. The Morgan fingerprint density at radius 1 is 1.29 bits per heavy atom. The molecule has 0 saturated carbocycles. The highest BCUT2D eigenvalue weighted by atomic mass is 35.5. The van der Waals surface area contributed by atoms with Crippen molar-refractivity contribution >= 4 is 24.0 Å². The van der Waals surface area contributed by atoms with Crippen LogP contribution in [0.1, 0.15) is 11.6 Å². The van der Waals surface area contributed by atoms with Crippen LogP contribution in [0, 0.1) is 5.82 Å². The molecule has 0 aliphatic heterocycles. The smallest absolute Gasteiger partial charge is 0.257 e. The normalized spacial score (nSPS) is 12.4. The number of alkyl halides is 2. The highest BCUT2D eigenvalue weighted by Crippen LogP contribution is 2.25. The Morgan fingerprint density at radius 2 is 1.86 bits per heavy atom. The van der Waals surface area contributed by atoms with Gasteiger partial charge < -0.3 is 5.73 Å². The summed E-state index contributed by atoms with van der Waals surface area (Å²) in [5.74, 6) is -0.878. The zero-order valence-electron chi connectivity index (χ0n) is 6.88. The maximum atomic E-state index is 13.1. The van der Waals surface area contributed by atoms with Crippen LogP contribution in [-0.2, 0) is 0 Å². The van der Waals surface area contributed by atoms with Crippen molar-refractivity contribution in [2.45, 2.75) is 12.5 Å². The lowest BCUT2D eigenvalue weighted by Crippen LogP contribution is -2.20. The molecule has 80 valence electrons. The number of halogens is 5. The molecule has 1 aromatic rings. The summed E-state index contributed by atoms with van der Waals surface area (Å²) >= 11 is 5.39. The highest BCUT2D eigenvalue weighted by Gasteiger charge is 2.21. The van der Waals surface area contributed by atoms with Crippen molar-refractivity contribution in [3.05, 3.63) is 34.6 Å². The van der Waals surface area contributed by atoms with Crippen LogP contribution in [0.15, 0.2) is 18.2 Å². The molecule has 0 radical (unpaired) electrons. The van der Waals surface area contributed by atoms with Crippen LogP contribution in [-0.4, -0.2) is 6.43 Å². The van der Waals surface area contributed by atoms with E-state index in [0.29, 0.717) is 0 Å². The molecule has 1 atom stereocenters. The Kier molecular flexibility index (Phi) is 5.26. The van der Waals surface area contributed by atoms with Gasteiger partial charge in [-0.25, -0.2) is 13.2 Å². The second-order valence-corrected chi connectivity index (χ2v) is 2.91. The van der Waals surface area contributed by atoms with Gasteiger partial charge in [-0.2, -0.15) is 0 Å². The predicted molar refractivity (Wildman–Crippen MR) is 51.6 cm³/mol. The van der Waals surface area contributed by atoms with Crippen LogP contribution >= 0.6 is 24.0 Å². The van der Waals surface area contributed by atoms with Gasteiger partial charge in [0.1, 0.15) is 5.82 Å². The first-order valence-corrected chi connectivity index (χ1v) is 3.89. The van der Waals surface area contributed by atoms with E-state index < -0.39 is 18.3 Å². The first-order valence-electron chi connectivity index (χ1n) is 3.51. The Bertz CT molecular complexity index is 307. The molecule has 0 unspecified atom stereocenters. The summed E-state index contributed by atoms with van der Waals surface area (Å²) in [5, 5.41) is -0.200. The van der Waals surface area contributed by atoms with Crippen molar-refractivity contribution in [2.75, 3.05) is 0 Å². The molecule has 0 aliphatic rings. The van der Waals surface area contributed by atoms with E-state index in [9.17, 15) is 13.2 Å².